The molecule has 0 aromatic heterocycles. The van der Waals surface area contributed by atoms with Crippen molar-refractivity contribution in [1.29, 1.82) is 0 Å². The summed E-state index contributed by atoms with van der Waals surface area (Å²) in [6, 6.07) is 4.02. The van der Waals surface area contributed by atoms with Crippen LogP contribution >= 0.6 is 11.6 Å². The summed E-state index contributed by atoms with van der Waals surface area (Å²) in [6.07, 6.45) is 0. The molecule has 1 aliphatic rings. The van der Waals surface area contributed by atoms with Gasteiger partial charge in [-0.25, -0.2) is 0 Å². The van der Waals surface area contributed by atoms with Crippen LogP contribution in [-0.2, 0) is 9.31 Å². The van der Waals surface area contributed by atoms with Crippen molar-refractivity contribution in [3.63, 3.8) is 0 Å². The van der Waals surface area contributed by atoms with Crippen molar-refractivity contribution in [1.82, 2.24) is 0 Å². The minimum Gasteiger partial charge on any atom is -0.399 e. The zero-order chi connectivity index (χ0) is 13.7. The highest BCUT2D eigenvalue weighted by Crippen LogP contribution is 2.36. The highest BCUT2D eigenvalue weighted by molar-refractivity contribution is 6.62. The van der Waals surface area contributed by atoms with E-state index in [1.54, 1.807) is 0 Å². The first-order valence-corrected chi connectivity index (χ1v) is 6.64. The highest BCUT2D eigenvalue weighted by Gasteiger charge is 2.52. The normalized spacial score (nSPS) is 21.4. The lowest BCUT2D eigenvalue weighted by atomic mass is 9.75. The molecule has 4 heteroatoms. The molecule has 0 radical (unpaired) electrons. The maximum Gasteiger partial charge on any atom is 0.495 e. The van der Waals surface area contributed by atoms with E-state index in [2.05, 4.69) is 33.8 Å². The molecular formula is C14H20BClO2. The topological polar surface area (TPSA) is 18.5 Å². The molecule has 98 valence electrons. The van der Waals surface area contributed by atoms with E-state index in [9.17, 15) is 0 Å². The van der Waals surface area contributed by atoms with Crippen LogP contribution < -0.4 is 5.46 Å². The summed E-state index contributed by atoms with van der Waals surface area (Å²) in [5.41, 5.74) is 2.60. The molecule has 0 unspecified atom stereocenters. The summed E-state index contributed by atoms with van der Waals surface area (Å²) in [4.78, 5) is 0. The molecule has 1 aromatic carbocycles. The van der Waals surface area contributed by atoms with Crippen LogP contribution in [0.25, 0.3) is 0 Å². The van der Waals surface area contributed by atoms with Crippen molar-refractivity contribution in [2.24, 2.45) is 0 Å². The fourth-order valence-electron chi connectivity index (χ4n) is 2.03. The largest absolute Gasteiger partial charge is 0.495 e. The molecule has 1 fully saturated rings. The maximum absolute atomic E-state index is 6.12. The summed E-state index contributed by atoms with van der Waals surface area (Å²) in [5, 5.41) is 0.785. The zero-order valence-electron chi connectivity index (χ0n) is 11.9. The van der Waals surface area contributed by atoms with Crippen LogP contribution in [0.3, 0.4) is 0 Å². The highest BCUT2D eigenvalue weighted by atomic mass is 35.5. The summed E-state index contributed by atoms with van der Waals surface area (Å²) in [5.74, 6) is 0. The third kappa shape index (κ3) is 2.20. The molecule has 0 spiro atoms. The van der Waals surface area contributed by atoms with E-state index < -0.39 is 0 Å². The SMILES string of the molecule is Cc1cc(B2OC(C)(C)C(C)(C)O2)c(C)cc1Cl. The number of benzene rings is 1. The van der Waals surface area contributed by atoms with E-state index in [1.807, 2.05) is 19.9 Å². The molecule has 0 bridgehead atoms. The van der Waals surface area contributed by atoms with Crippen molar-refractivity contribution >= 4 is 24.2 Å². The van der Waals surface area contributed by atoms with Crippen LogP contribution in [0.15, 0.2) is 12.1 Å². The van der Waals surface area contributed by atoms with E-state index in [0.717, 1.165) is 21.6 Å². The second-order valence-corrected chi connectivity index (χ2v) is 6.45. The summed E-state index contributed by atoms with van der Waals surface area (Å²) < 4.78 is 12.1. The molecule has 0 saturated carbocycles. The molecule has 0 amide bonds. The second kappa shape index (κ2) is 4.26. The van der Waals surface area contributed by atoms with Crippen LogP contribution in [0.4, 0.5) is 0 Å². The lowest BCUT2D eigenvalue weighted by Gasteiger charge is -2.32. The Morgan fingerprint density at radius 1 is 0.944 bits per heavy atom. The molecule has 1 aromatic rings. The summed E-state index contributed by atoms with van der Waals surface area (Å²) in [7, 11) is -0.314. The molecule has 18 heavy (non-hydrogen) atoms. The van der Waals surface area contributed by atoms with Gasteiger partial charge in [0.05, 0.1) is 11.2 Å². The van der Waals surface area contributed by atoms with Gasteiger partial charge in [-0.15, -0.1) is 0 Å². The Hall–Kier alpha value is -0.505. The molecule has 2 nitrogen and oxygen atoms in total. The quantitative estimate of drug-likeness (QED) is 0.727. The standard InChI is InChI=1S/C14H20BClO2/c1-9-8-12(16)10(2)7-11(9)15-17-13(3,4)14(5,6)18-15/h7-8H,1-6H3. The van der Waals surface area contributed by atoms with Crippen molar-refractivity contribution in [3.05, 3.63) is 28.3 Å². The van der Waals surface area contributed by atoms with E-state index in [0.29, 0.717) is 0 Å². The number of aryl methyl sites for hydroxylation is 2. The average Bonchev–Trinajstić information content (AvgIpc) is 2.42. The van der Waals surface area contributed by atoms with E-state index >= 15 is 0 Å². The van der Waals surface area contributed by atoms with E-state index in [4.69, 9.17) is 20.9 Å². The van der Waals surface area contributed by atoms with Gasteiger partial charge in [0.15, 0.2) is 0 Å². The van der Waals surface area contributed by atoms with Gasteiger partial charge in [-0.2, -0.15) is 0 Å². The molecule has 2 rings (SSSR count). The van der Waals surface area contributed by atoms with Crippen molar-refractivity contribution in [3.8, 4) is 0 Å². The van der Waals surface area contributed by atoms with Crippen molar-refractivity contribution in [2.45, 2.75) is 52.7 Å². The van der Waals surface area contributed by atoms with Crippen LogP contribution in [0.5, 0.6) is 0 Å². The van der Waals surface area contributed by atoms with Crippen LogP contribution in [0.2, 0.25) is 5.02 Å². The Bertz CT molecular complexity index is 467. The third-order valence-electron chi connectivity index (χ3n) is 4.05. The smallest absolute Gasteiger partial charge is 0.399 e. The minimum atomic E-state index is -0.314. The number of hydrogen-bond acceptors (Lipinski definition) is 2. The lowest BCUT2D eigenvalue weighted by molar-refractivity contribution is 0.00578. The third-order valence-corrected chi connectivity index (χ3v) is 4.46. The lowest BCUT2D eigenvalue weighted by Crippen LogP contribution is -2.41. The Morgan fingerprint density at radius 2 is 1.44 bits per heavy atom. The van der Waals surface area contributed by atoms with Gasteiger partial charge < -0.3 is 9.31 Å². The fourth-order valence-corrected chi connectivity index (χ4v) is 2.25. The van der Waals surface area contributed by atoms with Gasteiger partial charge in [-0.3, -0.25) is 0 Å². The number of hydrogen-bond donors (Lipinski definition) is 0. The van der Waals surface area contributed by atoms with Crippen LogP contribution in [0, 0.1) is 13.8 Å². The van der Waals surface area contributed by atoms with Crippen LogP contribution in [-0.4, -0.2) is 18.3 Å². The zero-order valence-corrected chi connectivity index (χ0v) is 12.7. The van der Waals surface area contributed by atoms with Crippen molar-refractivity contribution in [2.75, 3.05) is 0 Å². The Kier molecular flexibility index (Phi) is 3.29. The average molecular weight is 267 g/mol. The summed E-state index contributed by atoms with van der Waals surface area (Å²) >= 11 is 6.12. The molecule has 1 aliphatic heterocycles. The van der Waals surface area contributed by atoms with Gasteiger partial charge in [0.2, 0.25) is 0 Å². The maximum atomic E-state index is 6.12. The van der Waals surface area contributed by atoms with E-state index in [-0.39, 0.29) is 18.3 Å². The first-order valence-electron chi connectivity index (χ1n) is 6.26. The van der Waals surface area contributed by atoms with Gasteiger partial charge in [-0.05, 0) is 64.2 Å². The van der Waals surface area contributed by atoms with Gasteiger partial charge in [0, 0.05) is 5.02 Å². The molecule has 1 heterocycles. The molecule has 0 aliphatic carbocycles. The fraction of sp³-hybridized carbons (Fsp3) is 0.571. The van der Waals surface area contributed by atoms with Crippen molar-refractivity contribution < 1.29 is 9.31 Å². The predicted octanol–water partition coefficient (Wildman–Crippen LogP) is 3.26. The van der Waals surface area contributed by atoms with Gasteiger partial charge >= 0.3 is 7.12 Å². The molecule has 0 N–H and O–H groups in total. The van der Waals surface area contributed by atoms with Gasteiger partial charge in [0.1, 0.15) is 0 Å². The van der Waals surface area contributed by atoms with Gasteiger partial charge in [-0.1, -0.05) is 17.7 Å². The minimum absolute atomic E-state index is 0.308. The van der Waals surface area contributed by atoms with Gasteiger partial charge in [0.25, 0.3) is 0 Å². The Morgan fingerprint density at radius 3 is 1.94 bits per heavy atom. The first-order chi connectivity index (χ1) is 8.14. The van der Waals surface area contributed by atoms with Crippen LogP contribution in [0.1, 0.15) is 38.8 Å². The Labute approximate surface area is 115 Å². The predicted molar refractivity (Wildman–Crippen MR) is 76.6 cm³/mol. The number of halogens is 1. The number of rotatable bonds is 1. The molecule has 0 atom stereocenters. The first kappa shape index (κ1) is 13.9. The summed E-state index contributed by atoms with van der Waals surface area (Å²) in [6.45, 7) is 12.3. The van der Waals surface area contributed by atoms with E-state index in [1.165, 1.54) is 0 Å². The monoisotopic (exact) mass is 266 g/mol. The Balaban J connectivity index is 2.38. The molecule has 1 saturated heterocycles. The molecular weight excluding hydrogens is 246 g/mol. The second-order valence-electron chi connectivity index (χ2n) is 6.05.